The number of rotatable bonds is 4. The van der Waals surface area contributed by atoms with Crippen molar-refractivity contribution in [2.75, 3.05) is 13.2 Å². The van der Waals surface area contributed by atoms with Crippen molar-refractivity contribution in [2.45, 2.75) is 6.92 Å². The number of hydrogen-bond donors (Lipinski definition) is 0. The van der Waals surface area contributed by atoms with Gasteiger partial charge in [-0.2, -0.15) is 0 Å². The van der Waals surface area contributed by atoms with Crippen molar-refractivity contribution in [1.82, 2.24) is 0 Å². The number of benzene rings is 1. The molecule has 1 aromatic carbocycles. The van der Waals surface area contributed by atoms with Crippen LogP contribution in [0.1, 0.15) is 6.92 Å². The van der Waals surface area contributed by atoms with Gasteiger partial charge < -0.3 is 9.47 Å². The minimum Gasteiger partial charge on any atom is -0.479 e. The van der Waals surface area contributed by atoms with Gasteiger partial charge in [-0.1, -0.05) is 17.7 Å². The van der Waals surface area contributed by atoms with Gasteiger partial charge in [0, 0.05) is 0 Å². The Bertz CT molecular complexity index is 355. The zero-order chi connectivity index (χ0) is 11.3. The molecule has 82 valence electrons. The Labute approximate surface area is 91.7 Å². The largest absolute Gasteiger partial charge is 0.479 e. The van der Waals surface area contributed by atoms with Crippen molar-refractivity contribution in [2.24, 2.45) is 0 Å². The Balaban J connectivity index is 2.58. The van der Waals surface area contributed by atoms with E-state index >= 15 is 0 Å². The first kappa shape index (κ1) is 11.8. The van der Waals surface area contributed by atoms with E-state index in [9.17, 15) is 9.18 Å². The predicted octanol–water partition coefficient (Wildman–Crippen LogP) is 2.42. The fourth-order valence-corrected chi connectivity index (χ4v) is 1.10. The third-order valence-corrected chi connectivity index (χ3v) is 1.86. The number of esters is 1. The van der Waals surface area contributed by atoms with Gasteiger partial charge in [0.05, 0.1) is 11.6 Å². The van der Waals surface area contributed by atoms with Gasteiger partial charge in [0.15, 0.2) is 18.2 Å². The molecule has 0 aliphatic rings. The maximum absolute atomic E-state index is 13.2. The van der Waals surface area contributed by atoms with Gasteiger partial charge >= 0.3 is 5.97 Å². The van der Waals surface area contributed by atoms with E-state index in [1.165, 1.54) is 18.2 Å². The summed E-state index contributed by atoms with van der Waals surface area (Å²) in [5.74, 6) is -1.28. The number of hydrogen-bond acceptors (Lipinski definition) is 3. The topological polar surface area (TPSA) is 35.5 Å². The summed E-state index contributed by atoms with van der Waals surface area (Å²) >= 11 is 5.52. The molecule has 0 unspecified atom stereocenters. The van der Waals surface area contributed by atoms with E-state index in [1.54, 1.807) is 6.92 Å². The van der Waals surface area contributed by atoms with Crippen LogP contribution in [0, 0.1) is 5.82 Å². The summed E-state index contributed by atoms with van der Waals surface area (Å²) in [6.07, 6.45) is 0. The van der Waals surface area contributed by atoms with Crippen LogP contribution in [0.25, 0.3) is 0 Å². The minimum atomic E-state index is -0.677. The molecule has 1 rings (SSSR count). The van der Waals surface area contributed by atoms with Gasteiger partial charge in [-0.05, 0) is 19.1 Å². The first-order valence-electron chi connectivity index (χ1n) is 4.37. The quantitative estimate of drug-likeness (QED) is 0.748. The number of carbonyl (C=O) groups excluding carboxylic acids is 1. The summed E-state index contributed by atoms with van der Waals surface area (Å²) in [6.45, 7) is 1.61. The Hall–Kier alpha value is -1.29. The molecule has 0 fully saturated rings. The SMILES string of the molecule is CCOC(=O)COc1cccc(Cl)c1F. The lowest BCUT2D eigenvalue weighted by Crippen LogP contribution is -2.15. The van der Waals surface area contributed by atoms with E-state index in [0.717, 1.165) is 0 Å². The summed E-state index contributed by atoms with van der Waals surface area (Å²) in [5.41, 5.74) is 0. The molecule has 0 heterocycles. The smallest absolute Gasteiger partial charge is 0.344 e. The average molecular weight is 233 g/mol. The zero-order valence-electron chi connectivity index (χ0n) is 8.13. The Morgan fingerprint density at radius 3 is 2.93 bits per heavy atom. The van der Waals surface area contributed by atoms with Crippen molar-refractivity contribution in [3.05, 3.63) is 29.0 Å². The monoisotopic (exact) mass is 232 g/mol. The predicted molar refractivity (Wildman–Crippen MR) is 53.5 cm³/mol. The van der Waals surface area contributed by atoms with Crippen LogP contribution < -0.4 is 4.74 Å². The lowest BCUT2D eigenvalue weighted by Gasteiger charge is -2.06. The number of halogens is 2. The van der Waals surface area contributed by atoms with Crippen molar-refractivity contribution in [1.29, 1.82) is 0 Å². The van der Waals surface area contributed by atoms with Crippen LogP contribution in [0.2, 0.25) is 5.02 Å². The molecule has 0 bridgehead atoms. The standard InChI is InChI=1S/C10H10ClFO3/c1-2-14-9(13)6-15-8-5-3-4-7(11)10(8)12/h3-5H,2,6H2,1H3. The van der Waals surface area contributed by atoms with Crippen molar-refractivity contribution in [3.8, 4) is 5.75 Å². The first-order chi connectivity index (χ1) is 7.15. The molecular weight excluding hydrogens is 223 g/mol. The van der Waals surface area contributed by atoms with Crippen LogP contribution in [0.4, 0.5) is 4.39 Å². The van der Waals surface area contributed by atoms with Gasteiger partial charge in [0.25, 0.3) is 0 Å². The molecule has 3 nitrogen and oxygen atoms in total. The molecule has 0 aliphatic heterocycles. The highest BCUT2D eigenvalue weighted by atomic mass is 35.5. The molecule has 0 saturated carbocycles. The summed E-state index contributed by atoms with van der Waals surface area (Å²) in [6, 6.07) is 4.32. The van der Waals surface area contributed by atoms with E-state index in [0.29, 0.717) is 0 Å². The lowest BCUT2D eigenvalue weighted by molar-refractivity contribution is -0.145. The molecule has 0 radical (unpaired) electrons. The van der Waals surface area contributed by atoms with E-state index in [1.807, 2.05) is 0 Å². The Morgan fingerprint density at radius 1 is 1.53 bits per heavy atom. The highest BCUT2D eigenvalue weighted by Crippen LogP contribution is 2.23. The third kappa shape index (κ3) is 3.40. The van der Waals surface area contributed by atoms with E-state index < -0.39 is 11.8 Å². The molecule has 0 aliphatic carbocycles. The second-order valence-corrected chi connectivity index (χ2v) is 3.05. The first-order valence-corrected chi connectivity index (χ1v) is 4.75. The molecule has 0 N–H and O–H groups in total. The van der Waals surface area contributed by atoms with E-state index in [4.69, 9.17) is 16.3 Å². The van der Waals surface area contributed by atoms with Crippen LogP contribution in [-0.2, 0) is 9.53 Å². The molecular formula is C10H10ClFO3. The van der Waals surface area contributed by atoms with Crippen LogP contribution in [0.3, 0.4) is 0 Å². The second-order valence-electron chi connectivity index (χ2n) is 2.65. The molecule has 0 spiro atoms. The number of ether oxygens (including phenoxy) is 2. The highest BCUT2D eigenvalue weighted by molar-refractivity contribution is 6.30. The maximum Gasteiger partial charge on any atom is 0.344 e. The molecule has 1 aromatic rings. The molecule has 5 heteroatoms. The minimum absolute atomic E-state index is 0.0450. The Morgan fingerprint density at radius 2 is 2.27 bits per heavy atom. The molecule has 0 saturated heterocycles. The number of carbonyl (C=O) groups is 1. The van der Waals surface area contributed by atoms with Crippen LogP contribution in [0.15, 0.2) is 18.2 Å². The summed E-state index contributed by atoms with van der Waals surface area (Å²) in [4.78, 5) is 10.9. The molecule has 0 atom stereocenters. The summed E-state index contributed by atoms with van der Waals surface area (Å²) < 4.78 is 22.7. The third-order valence-electron chi connectivity index (χ3n) is 1.57. The van der Waals surface area contributed by atoms with E-state index in [2.05, 4.69) is 4.74 Å². The van der Waals surface area contributed by atoms with E-state index in [-0.39, 0.29) is 24.0 Å². The van der Waals surface area contributed by atoms with Gasteiger partial charge in [0.2, 0.25) is 0 Å². The Kier molecular flexibility index (Phi) is 4.37. The zero-order valence-corrected chi connectivity index (χ0v) is 8.88. The van der Waals surface area contributed by atoms with Gasteiger partial charge in [0.1, 0.15) is 0 Å². The van der Waals surface area contributed by atoms with Crippen LogP contribution in [0.5, 0.6) is 5.75 Å². The van der Waals surface area contributed by atoms with Gasteiger partial charge in [-0.15, -0.1) is 0 Å². The maximum atomic E-state index is 13.2. The highest BCUT2D eigenvalue weighted by Gasteiger charge is 2.09. The van der Waals surface area contributed by atoms with Crippen LogP contribution in [-0.4, -0.2) is 19.2 Å². The normalized spacial score (nSPS) is 9.80. The van der Waals surface area contributed by atoms with Crippen molar-refractivity contribution < 1.29 is 18.7 Å². The molecule has 0 amide bonds. The average Bonchev–Trinajstić information content (AvgIpc) is 2.21. The molecule has 15 heavy (non-hydrogen) atoms. The molecule has 0 aromatic heterocycles. The fraction of sp³-hybridized carbons (Fsp3) is 0.300. The second kappa shape index (κ2) is 5.56. The van der Waals surface area contributed by atoms with Crippen LogP contribution >= 0.6 is 11.6 Å². The summed E-state index contributed by atoms with van der Waals surface area (Å²) in [7, 11) is 0. The summed E-state index contributed by atoms with van der Waals surface area (Å²) in [5, 5.41) is -0.0450. The fourth-order valence-electron chi connectivity index (χ4n) is 0.935. The van der Waals surface area contributed by atoms with Crippen molar-refractivity contribution in [3.63, 3.8) is 0 Å². The van der Waals surface area contributed by atoms with Gasteiger partial charge in [-0.25, -0.2) is 9.18 Å². The van der Waals surface area contributed by atoms with Crippen molar-refractivity contribution >= 4 is 17.6 Å². The lowest BCUT2D eigenvalue weighted by atomic mass is 10.3. The van der Waals surface area contributed by atoms with Gasteiger partial charge in [-0.3, -0.25) is 0 Å².